The summed E-state index contributed by atoms with van der Waals surface area (Å²) in [6, 6.07) is 103. The van der Waals surface area contributed by atoms with Gasteiger partial charge in [0.15, 0.2) is 17.0 Å². The van der Waals surface area contributed by atoms with Crippen molar-refractivity contribution in [1.29, 1.82) is 0 Å². The zero-order valence-electron chi connectivity index (χ0n) is 66.8. The minimum absolute atomic E-state index is 0.0821. The summed E-state index contributed by atoms with van der Waals surface area (Å²) in [6.07, 6.45) is 0. The first-order valence-electron chi connectivity index (χ1n) is 39.4. The van der Waals surface area contributed by atoms with Gasteiger partial charge in [0.25, 0.3) is 0 Å². The molecule has 121 heavy (non-hydrogen) atoms. The van der Waals surface area contributed by atoms with Gasteiger partial charge >= 0.3 is 22.8 Å². The third-order valence-electron chi connectivity index (χ3n) is 20.0. The van der Waals surface area contributed by atoms with Crippen LogP contribution in [0.1, 0.15) is 72.5 Å². The highest BCUT2D eigenvalue weighted by molar-refractivity contribution is 7.55. The zero-order valence-corrected chi connectivity index (χ0v) is 69.5. The lowest BCUT2D eigenvalue weighted by Gasteiger charge is -2.27. The molecule has 614 valence electrons. The fourth-order valence-electron chi connectivity index (χ4n) is 14.5. The summed E-state index contributed by atoms with van der Waals surface area (Å²) in [5.74, 6) is -0.901. The fraction of sp³-hybridized carbons (Fsp3) is 0.133. The fourth-order valence-corrected chi connectivity index (χ4v) is 19.4. The zero-order chi connectivity index (χ0) is 85.1. The Morgan fingerprint density at radius 3 is 0.926 bits per heavy atom. The second-order valence-corrected chi connectivity index (χ2v) is 34.1. The molecule has 3 atom stereocenters. The number of nitrogens with two attached hydrogens (primary N) is 1. The van der Waals surface area contributed by atoms with Crippen molar-refractivity contribution >= 4 is 139 Å². The van der Waals surface area contributed by atoms with Crippen molar-refractivity contribution in [3.05, 3.63) is 361 Å². The number of anilines is 4. The quantitative estimate of drug-likeness (QED) is 0.0142. The molecule has 16 aromatic rings. The van der Waals surface area contributed by atoms with Gasteiger partial charge in [-0.05, 0) is 179 Å². The number of aromatic hydroxyl groups is 2. The molecule has 16 aromatic carbocycles. The van der Waals surface area contributed by atoms with E-state index in [0.29, 0.717) is 51.7 Å². The van der Waals surface area contributed by atoms with Crippen molar-refractivity contribution in [2.75, 3.05) is 48.1 Å². The van der Waals surface area contributed by atoms with Crippen molar-refractivity contribution < 1.29 is 75.6 Å². The largest absolute Gasteiger partial charge is 0.506 e. The first-order valence-corrected chi connectivity index (χ1v) is 44.3. The lowest BCUT2D eigenvalue weighted by atomic mass is 10.0. The van der Waals surface area contributed by atoms with Crippen LogP contribution in [-0.4, -0.2) is 64.1 Å². The molecular formula is C98H91N4O16P3. The van der Waals surface area contributed by atoms with E-state index in [1.165, 1.54) is 0 Å². The van der Waals surface area contributed by atoms with E-state index in [1.807, 2.05) is 273 Å². The number of hydrogen-bond donors (Lipinski definition) is 8. The summed E-state index contributed by atoms with van der Waals surface area (Å²) in [4.78, 5) is 61.9. The van der Waals surface area contributed by atoms with Crippen LogP contribution < -0.4 is 31.2 Å². The van der Waals surface area contributed by atoms with E-state index < -0.39 is 57.5 Å². The summed E-state index contributed by atoms with van der Waals surface area (Å²) in [6.45, 7) is 7.99. The number of ether oxygens (including phenoxy) is 2. The molecular weight excluding hydrogens is 1580 g/mol. The Morgan fingerprint density at radius 2 is 0.579 bits per heavy atom. The van der Waals surface area contributed by atoms with E-state index in [9.17, 15) is 48.1 Å². The van der Waals surface area contributed by atoms with E-state index in [-0.39, 0.29) is 55.8 Å². The van der Waals surface area contributed by atoms with Crippen LogP contribution in [0.3, 0.4) is 0 Å². The number of nitrogens with one attached hydrogen (secondary N) is 3. The average Bonchev–Trinajstić information content (AvgIpc) is 0.773. The monoisotopic (exact) mass is 1670 g/mol. The molecule has 0 fully saturated rings. The van der Waals surface area contributed by atoms with Gasteiger partial charge in [-0.1, -0.05) is 285 Å². The SMILES string of the molecule is CCOP(=O)(OCC)C(C(=O)Nc1cc2ccccc2cc1O)c1cccc2ccccc12.CCOP(=O)(OCC)C(C(=O)Nc1cc2ccccc2cc1OCc1ccccc1)c1cccc2ccccc12.Nc1cc2ccccc2cc1O.O=C(Nc1cc2ccccc2cc1OCc1ccccc1)C(c1cccc2ccccc12)P(=O)(O)O. The molecule has 23 heteroatoms. The van der Waals surface area contributed by atoms with Gasteiger partial charge in [0, 0.05) is 0 Å². The maximum absolute atomic E-state index is 14.3. The molecule has 0 bridgehead atoms. The van der Waals surface area contributed by atoms with Crippen LogP contribution >= 0.6 is 22.8 Å². The number of hydrogen-bond acceptors (Lipinski definition) is 15. The van der Waals surface area contributed by atoms with E-state index in [0.717, 1.165) is 81.1 Å². The minimum Gasteiger partial charge on any atom is -0.506 e. The maximum atomic E-state index is 14.3. The predicted molar refractivity (Wildman–Crippen MR) is 485 cm³/mol. The lowest BCUT2D eigenvalue weighted by Crippen LogP contribution is -2.24. The van der Waals surface area contributed by atoms with Crippen molar-refractivity contribution in [2.45, 2.75) is 57.9 Å². The first kappa shape index (κ1) is 86.1. The van der Waals surface area contributed by atoms with E-state index in [2.05, 4.69) is 16.0 Å². The summed E-state index contributed by atoms with van der Waals surface area (Å²) < 4.78 is 75.8. The van der Waals surface area contributed by atoms with Crippen LogP contribution in [0.25, 0.3) is 75.4 Å². The number of rotatable bonds is 26. The summed E-state index contributed by atoms with van der Waals surface area (Å²) in [5.41, 5.74) is 6.23. The Hall–Kier alpha value is -12.8. The van der Waals surface area contributed by atoms with Gasteiger partial charge in [-0.2, -0.15) is 0 Å². The summed E-state index contributed by atoms with van der Waals surface area (Å²) in [7, 11) is -12.7. The second-order valence-electron chi connectivity index (χ2n) is 28.1. The molecule has 20 nitrogen and oxygen atoms in total. The molecule has 16 rings (SSSR count). The first-order chi connectivity index (χ1) is 58.7. The van der Waals surface area contributed by atoms with Crippen LogP contribution in [0.2, 0.25) is 0 Å². The molecule has 0 heterocycles. The normalized spacial score (nSPS) is 12.2. The number of carbonyl (C=O) groups is 3. The summed E-state index contributed by atoms with van der Waals surface area (Å²) >= 11 is 0. The third kappa shape index (κ3) is 20.9. The number of phenols is 2. The van der Waals surface area contributed by atoms with Crippen molar-refractivity contribution in [3.8, 4) is 23.0 Å². The maximum Gasteiger partial charge on any atom is 0.347 e. The molecule has 0 aliphatic carbocycles. The third-order valence-corrected chi connectivity index (χ3v) is 26.0. The van der Waals surface area contributed by atoms with E-state index >= 15 is 0 Å². The van der Waals surface area contributed by atoms with Crippen LogP contribution in [0.4, 0.5) is 22.7 Å². The van der Waals surface area contributed by atoms with Crippen molar-refractivity contribution in [1.82, 2.24) is 0 Å². The predicted octanol–water partition coefficient (Wildman–Crippen LogP) is 23.7. The number of phenolic OH excluding ortho intramolecular Hbond substituents is 2. The highest BCUT2D eigenvalue weighted by atomic mass is 31.2. The second kappa shape index (κ2) is 39.8. The topological polar surface area (TPSA) is 301 Å². The molecule has 0 aliphatic heterocycles. The van der Waals surface area contributed by atoms with Gasteiger partial charge in [0.2, 0.25) is 17.7 Å². The van der Waals surface area contributed by atoms with Gasteiger partial charge in [-0.25, -0.2) is 0 Å². The van der Waals surface area contributed by atoms with Gasteiger partial charge in [-0.3, -0.25) is 28.1 Å². The van der Waals surface area contributed by atoms with Crippen molar-refractivity contribution in [2.24, 2.45) is 0 Å². The number of nitrogen functional groups attached to an aromatic ring is 1. The Balaban J connectivity index is 0.000000147. The Morgan fingerprint density at radius 1 is 0.314 bits per heavy atom. The van der Waals surface area contributed by atoms with Crippen molar-refractivity contribution in [3.63, 3.8) is 0 Å². The molecule has 0 radical (unpaired) electrons. The standard InChI is InChI=1S/C33H32NO5P.C29H24NO5P.C26H26NO5P.C10H9NO/c1-3-38-40(36,39-4-2)32(29-20-12-18-25-15-10-11-19-28(25)29)33(35)34-30-21-26-16-8-9-17-27(26)22-31(30)37-23-24-13-6-5-7-14-24;31-29(28(36(32,33)34)25-16-8-14-21-11-6-7-15-24(21)25)30-26-17-22-12-4-5-13-23(22)18-27(26)35-19-20-9-2-1-3-10-20;1-3-31-33(30,32-4-2)25(22-15-9-13-18-10-7-8-14-21(18)22)26(29)27-23-16-19-11-5-6-12-20(19)17-24(23)28;11-9-5-7-3-1-2-4-8(7)6-10(9)12/h5-22,32H,3-4,23H2,1-2H3,(H,34,35);1-18,28H,19H2,(H,30,31)(H2,32,33,34);5-17,25,28H,3-4H2,1-2H3,(H,27,29);1-6,12H,11H2. The van der Waals surface area contributed by atoms with E-state index in [1.54, 1.807) is 88.4 Å². The molecule has 3 unspecified atom stereocenters. The van der Waals surface area contributed by atoms with Crippen LogP contribution in [0.5, 0.6) is 23.0 Å². The van der Waals surface area contributed by atoms with Gasteiger partial charge in [0.05, 0.1) is 49.2 Å². The molecule has 0 aliphatic rings. The van der Waals surface area contributed by atoms with Crippen LogP contribution in [-0.2, 0) is 59.4 Å². The molecule has 0 spiro atoms. The van der Waals surface area contributed by atoms with E-state index in [4.69, 9.17) is 33.3 Å². The number of carbonyl (C=O) groups excluding carboxylic acids is 3. The minimum atomic E-state index is -4.87. The summed E-state index contributed by atoms with van der Waals surface area (Å²) in [5, 5.41) is 40.6. The number of fused-ring (bicyclic) bond motifs is 7. The molecule has 3 amide bonds. The number of amides is 3. The average molecular weight is 1670 g/mol. The van der Waals surface area contributed by atoms with Gasteiger partial charge in [0.1, 0.15) is 36.2 Å². The highest BCUT2D eigenvalue weighted by Gasteiger charge is 2.45. The molecule has 9 N–H and O–H groups in total. The Labute approximate surface area is 700 Å². The lowest BCUT2D eigenvalue weighted by molar-refractivity contribution is -0.117. The van der Waals surface area contributed by atoms with Crippen LogP contribution in [0, 0.1) is 0 Å². The Kier molecular flexibility index (Phi) is 28.3. The highest BCUT2D eigenvalue weighted by Crippen LogP contribution is 2.64. The smallest absolute Gasteiger partial charge is 0.347 e. The number of benzene rings is 16. The molecule has 0 saturated carbocycles. The van der Waals surface area contributed by atoms with Crippen LogP contribution in [0.15, 0.2) is 334 Å². The van der Waals surface area contributed by atoms with Gasteiger partial charge in [-0.15, -0.1) is 0 Å². The molecule has 0 aromatic heterocycles. The molecule has 0 saturated heterocycles. The van der Waals surface area contributed by atoms with Gasteiger partial charge < -0.3 is 69.3 Å². The Bertz CT molecular complexity index is 6460.